The average Bonchev–Trinajstić information content (AvgIpc) is 3.11. The van der Waals surface area contributed by atoms with Crippen LogP contribution in [0.3, 0.4) is 0 Å². The molecule has 0 spiro atoms. The second kappa shape index (κ2) is 17.9. The van der Waals surface area contributed by atoms with E-state index in [0.29, 0.717) is 17.7 Å². The number of aromatic nitrogens is 1. The van der Waals surface area contributed by atoms with Crippen molar-refractivity contribution in [2.45, 2.75) is 76.8 Å². The van der Waals surface area contributed by atoms with E-state index in [1.54, 1.807) is 38.1 Å². The Morgan fingerprint density at radius 3 is 2.22 bits per heavy atom. The molecule has 51 heavy (non-hydrogen) atoms. The minimum absolute atomic E-state index is 0.0520. The Balaban J connectivity index is 1.66. The van der Waals surface area contributed by atoms with Crippen LogP contribution in [0.5, 0.6) is 11.6 Å². The molecule has 2 aliphatic heterocycles. The summed E-state index contributed by atoms with van der Waals surface area (Å²) in [6, 6.07) is 14.2. The highest BCUT2D eigenvalue weighted by Gasteiger charge is 2.34. The molecular formula is C37H46N6O8. The van der Waals surface area contributed by atoms with Gasteiger partial charge < -0.3 is 41.2 Å². The number of ether oxygens (including phenoxy) is 2. The molecule has 0 aliphatic carbocycles. The first-order valence-corrected chi connectivity index (χ1v) is 16.8. The molecule has 5 rings (SSSR count). The predicted molar refractivity (Wildman–Crippen MR) is 188 cm³/mol. The van der Waals surface area contributed by atoms with E-state index in [1.165, 1.54) is 39.3 Å². The van der Waals surface area contributed by atoms with Gasteiger partial charge in [-0.25, -0.2) is 4.98 Å². The van der Waals surface area contributed by atoms with Crippen LogP contribution in [0.25, 0.3) is 0 Å². The number of nitrogens with zero attached hydrogens (tertiary/aromatic N) is 1. The van der Waals surface area contributed by atoms with E-state index in [1.807, 2.05) is 30.3 Å². The van der Waals surface area contributed by atoms with E-state index in [9.17, 15) is 29.1 Å². The molecule has 5 amide bonds. The van der Waals surface area contributed by atoms with Gasteiger partial charge in [0.25, 0.3) is 5.91 Å². The second-order valence-electron chi connectivity index (χ2n) is 12.9. The number of fused-ring (bicyclic) bond motifs is 17. The average molecular weight is 703 g/mol. The molecule has 3 heterocycles. The maximum atomic E-state index is 13.6. The Kier molecular flexibility index (Phi) is 13.5. The van der Waals surface area contributed by atoms with Gasteiger partial charge in [0.1, 0.15) is 36.5 Å². The molecule has 6 N–H and O–H groups in total. The van der Waals surface area contributed by atoms with Crippen LogP contribution < -0.4 is 36.1 Å². The summed E-state index contributed by atoms with van der Waals surface area (Å²) in [5, 5.41) is 24.0. The first-order chi connectivity index (χ1) is 24.3. The van der Waals surface area contributed by atoms with Crippen LogP contribution in [0.4, 0.5) is 0 Å². The molecule has 0 unspecified atom stereocenters. The summed E-state index contributed by atoms with van der Waals surface area (Å²) in [5.74, 6) is -2.88. The standard InChI is InChI=1S/C37H46N6O8/c1-21(2)31-36(48)40-27(17-24-9-7-6-8-10-24)20-51-28-13-11-25(12-14-28)18-29(41-34(46)26-15-16-38-30(19-26)50-5)35(47)39-22(3)33(45)43-32(23(4)44)37(49)42-31/h6-16,19,21-23,27,29,31-32,44H,17-18,20H2,1-5H3,(H,39,47)(H,40,48)(H,41,46)(H,42,49)(H,43,45)/t22-,23-,27+,29+,31-,32+/m1/s1. The number of hydrogen-bond acceptors (Lipinski definition) is 9. The van der Waals surface area contributed by atoms with Crippen LogP contribution in [0.1, 0.15) is 49.2 Å². The summed E-state index contributed by atoms with van der Waals surface area (Å²) in [6.07, 6.45) is 0.543. The number of amides is 5. The van der Waals surface area contributed by atoms with Crippen molar-refractivity contribution >= 4 is 29.5 Å². The van der Waals surface area contributed by atoms with Crippen LogP contribution in [0, 0.1) is 5.92 Å². The molecule has 14 heteroatoms. The van der Waals surface area contributed by atoms with Gasteiger partial charge in [0, 0.05) is 24.2 Å². The molecular weight excluding hydrogens is 656 g/mol. The lowest BCUT2D eigenvalue weighted by Crippen LogP contribution is -2.61. The van der Waals surface area contributed by atoms with Crippen molar-refractivity contribution in [2.75, 3.05) is 13.7 Å². The maximum Gasteiger partial charge on any atom is 0.252 e. The molecule has 0 fully saturated rings. The highest BCUT2D eigenvalue weighted by atomic mass is 16.5. The minimum atomic E-state index is -1.45. The van der Waals surface area contributed by atoms with Crippen molar-refractivity contribution < 1.29 is 38.6 Å². The van der Waals surface area contributed by atoms with Crippen LogP contribution in [0.2, 0.25) is 0 Å². The predicted octanol–water partition coefficient (Wildman–Crippen LogP) is 1.06. The monoisotopic (exact) mass is 702 g/mol. The summed E-state index contributed by atoms with van der Waals surface area (Å²) in [5.41, 5.74) is 1.85. The van der Waals surface area contributed by atoms with Crippen molar-refractivity contribution in [1.82, 2.24) is 31.6 Å². The molecule has 2 bridgehead atoms. The molecule has 14 nitrogen and oxygen atoms in total. The summed E-state index contributed by atoms with van der Waals surface area (Å²) < 4.78 is 11.2. The van der Waals surface area contributed by atoms with Crippen molar-refractivity contribution in [2.24, 2.45) is 5.92 Å². The van der Waals surface area contributed by atoms with Gasteiger partial charge >= 0.3 is 0 Å². The summed E-state index contributed by atoms with van der Waals surface area (Å²) in [7, 11) is 1.42. The number of nitrogens with one attached hydrogen (secondary N) is 5. The molecule has 6 atom stereocenters. The van der Waals surface area contributed by atoms with E-state index in [-0.39, 0.29) is 30.4 Å². The fraction of sp³-hybridized carbons (Fsp3) is 0.405. The topological polar surface area (TPSA) is 197 Å². The molecule has 0 radical (unpaired) electrons. The Bertz CT molecular complexity index is 1670. The minimum Gasteiger partial charge on any atom is -0.491 e. The summed E-state index contributed by atoms with van der Waals surface area (Å²) >= 11 is 0. The number of carbonyl (C=O) groups excluding carboxylic acids is 5. The first kappa shape index (κ1) is 38.3. The fourth-order valence-corrected chi connectivity index (χ4v) is 5.45. The largest absolute Gasteiger partial charge is 0.491 e. The number of methoxy groups -OCH3 is 1. The number of carbonyl (C=O) groups is 5. The lowest BCUT2D eigenvalue weighted by molar-refractivity contribution is -0.136. The Morgan fingerprint density at radius 1 is 0.902 bits per heavy atom. The smallest absolute Gasteiger partial charge is 0.252 e. The van der Waals surface area contributed by atoms with Crippen molar-refractivity contribution in [3.05, 3.63) is 89.6 Å². The van der Waals surface area contributed by atoms with E-state index in [4.69, 9.17) is 9.47 Å². The first-order valence-electron chi connectivity index (χ1n) is 16.8. The molecule has 3 aromatic rings. The number of rotatable bonds is 7. The molecule has 1 aromatic heterocycles. The van der Waals surface area contributed by atoms with Gasteiger partial charge in [-0.3, -0.25) is 24.0 Å². The van der Waals surface area contributed by atoms with Gasteiger partial charge in [-0.2, -0.15) is 0 Å². The zero-order valence-electron chi connectivity index (χ0n) is 29.3. The zero-order chi connectivity index (χ0) is 37.1. The number of benzene rings is 2. The number of hydrogen-bond donors (Lipinski definition) is 6. The van der Waals surface area contributed by atoms with Crippen molar-refractivity contribution in [1.29, 1.82) is 0 Å². The molecule has 2 aromatic carbocycles. The molecule has 2 aliphatic rings. The van der Waals surface area contributed by atoms with Crippen LogP contribution in [0.15, 0.2) is 72.9 Å². The van der Waals surface area contributed by atoms with E-state index >= 15 is 0 Å². The number of pyridine rings is 1. The Morgan fingerprint density at radius 2 is 1.57 bits per heavy atom. The van der Waals surface area contributed by atoms with E-state index in [0.717, 1.165) is 5.56 Å². The van der Waals surface area contributed by atoms with Crippen molar-refractivity contribution in [3.63, 3.8) is 0 Å². The Hall–Kier alpha value is -5.50. The maximum absolute atomic E-state index is 13.6. The lowest BCUT2D eigenvalue weighted by atomic mass is 10.0. The fourth-order valence-electron chi connectivity index (χ4n) is 5.45. The Labute approximate surface area is 297 Å². The number of aliphatic hydroxyl groups is 1. The van der Waals surface area contributed by atoms with Crippen LogP contribution in [-0.4, -0.2) is 89.7 Å². The van der Waals surface area contributed by atoms with Crippen LogP contribution in [-0.2, 0) is 32.0 Å². The molecule has 0 saturated heterocycles. The molecule has 272 valence electrons. The number of aliphatic hydroxyl groups excluding tert-OH is 1. The highest BCUT2D eigenvalue weighted by molar-refractivity contribution is 5.99. The van der Waals surface area contributed by atoms with E-state index < -0.39 is 65.8 Å². The zero-order valence-corrected chi connectivity index (χ0v) is 29.3. The van der Waals surface area contributed by atoms with Crippen molar-refractivity contribution in [3.8, 4) is 11.6 Å². The van der Waals surface area contributed by atoms with Crippen LogP contribution >= 0.6 is 0 Å². The lowest BCUT2D eigenvalue weighted by Gasteiger charge is -2.29. The van der Waals surface area contributed by atoms with Gasteiger partial charge in [0.2, 0.25) is 29.5 Å². The normalized spacial score (nSPS) is 22.8. The third-order valence-electron chi connectivity index (χ3n) is 8.38. The highest BCUT2D eigenvalue weighted by Crippen LogP contribution is 2.17. The SMILES string of the molecule is COc1cc(C(=O)N[C@H]2Cc3ccc(cc3)OC[C@H](Cc3ccccc3)NC(=O)[C@@H](C(C)C)NC(=O)[C@H]([C@@H](C)O)NC(=O)[C@@H](C)NC2=O)ccn1. The third-order valence-corrected chi connectivity index (χ3v) is 8.38. The second-order valence-corrected chi connectivity index (χ2v) is 12.9. The quantitative estimate of drug-likeness (QED) is 0.195. The summed E-state index contributed by atoms with van der Waals surface area (Å²) in [6.45, 7) is 6.36. The third kappa shape index (κ3) is 11.0. The summed E-state index contributed by atoms with van der Waals surface area (Å²) in [4.78, 5) is 71.3. The van der Waals surface area contributed by atoms with Gasteiger partial charge in [0.15, 0.2) is 0 Å². The molecule has 0 saturated carbocycles. The van der Waals surface area contributed by atoms with E-state index in [2.05, 4.69) is 31.6 Å². The van der Waals surface area contributed by atoms with Gasteiger partial charge in [-0.1, -0.05) is 56.3 Å². The van der Waals surface area contributed by atoms with Gasteiger partial charge in [-0.15, -0.1) is 0 Å². The van der Waals surface area contributed by atoms with Gasteiger partial charge in [0.05, 0.1) is 19.3 Å². The van der Waals surface area contributed by atoms with Gasteiger partial charge in [-0.05, 0) is 55.5 Å².